The van der Waals surface area contributed by atoms with Gasteiger partial charge in [0.05, 0.1) is 16.4 Å². The summed E-state index contributed by atoms with van der Waals surface area (Å²) in [6.45, 7) is 1.84. The molecule has 2 N–H and O–H groups in total. The smallest absolute Gasteiger partial charge is 0.271 e. The standard InChI is InChI=1S/C19H18N4O4S2/c1-10-20-18(17-12-4-2-3-5-15(12)29-19(17)21-10)28-9-16(25)22-13-8-11(23(26)27)6-7-14(13)24/h6-8,24H,2-5,9H2,1H3,(H,22,25). The first-order valence-electron chi connectivity index (χ1n) is 9.11. The van der Waals surface area contributed by atoms with Crippen LogP contribution in [0.25, 0.3) is 10.2 Å². The molecule has 2 heterocycles. The molecule has 0 bridgehead atoms. The molecule has 0 unspecified atom stereocenters. The largest absolute Gasteiger partial charge is 0.506 e. The Kier molecular flexibility index (Phi) is 5.37. The predicted octanol–water partition coefficient (Wildman–Crippen LogP) is 4.22. The van der Waals surface area contributed by atoms with Crippen LogP contribution in [0.3, 0.4) is 0 Å². The van der Waals surface area contributed by atoms with Crippen molar-refractivity contribution in [2.75, 3.05) is 11.1 Å². The van der Waals surface area contributed by atoms with Crippen LogP contribution in [0, 0.1) is 17.0 Å². The van der Waals surface area contributed by atoms with Crippen LogP contribution < -0.4 is 5.32 Å². The van der Waals surface area contributed by atoms with E-state index in [0.29, 0.717) is 5.82 Å². The Balaban J connectivity index is 1.54. The van der Waals surface area contributed by atoms with E-state index in [1.807, 2.05) is 6.92 Å². The molecule has 0 aliphatic heterocycles. The molecule has 1 aliphatic rings. The van der Waals surface area contributed by atoms with Crippen molar-refractivity contribution in [1.82, 2.24) is 9.97 Å². The number of rotatable bonds is 5. The van der Waals surface area contributed by atoms with Crippen LogP contribution in [0.15, 0.2) is 23.2 Å². The molecule has 1 aromatic carbocycles. The van der Waals surface area contributed by atoms with E-state index in [0.717, 1.165) is 40.6 Å². The second kappa shape index (κ2) is 7.96. The highest BCUT2D eigenvalue weighted by atomic mass is 32.2. The van der Waals surface area contributed by atoms with Crippen molar-refractivity contribution in [3.8, 4) is 5.75 Å². The number of nitro benzene ring substituents is 1. The predicted molar refractivity (Wildman–Crippen MR) is 113 cm³/mol. The third-order valence-electron chi connectivity index (χ3n) is 4.70. The average molecular weight is 431 g/mol. The number of carbonyl (C=O) groups is 1. The highest BCUT2D eigenvalue weighted by Crippen LogP contribution is 2.39. The van der Waals surface area contributed by atoms with E-state index < -0.39 is 4.92 Å². The molecule has 2 aromatic heterocycles. The van der Waals surface area contributed by atoms with Crippen LogP contribution in [0.2, 0.25) is 0 Å². The highest BCUT2D eigenvalue weighted by Gasteiger charge is 2.21. The van der Waals surface area contributed by atoms with E-state index in [-0.39, 0.29) is 28.8 Å². The SMILES string of the molecule is Cc1nc(SCC(=O)Nc2cc([N+](=O)[O-])ccc2O)c2c3c(sc2n1)CCCC3. The molecule has 8 nitrogen and oxygen atoms in total. The number of hydrogen-bond acceptors (Lipinski definition) is 8. The summed E-state index contributed by atoms with van der Waals surface area (Å²) in [5, 5.41) is 25.1. The quantitative estimate of drug-likeness (QED) is 0.204. The van der Waals surface area contributed by atoms with Gasteiger partial charge >= 0.3 is 0 Å². The second-order valence-corrected chi connectivity index (χ2v) is 8.81. The molecule has 0 saturated carbocycles. The lowest BCUT2D eigenvalue weighted by atomic mass is 9.97. The number of nitrogens with zero attached hydrogens (tertiary/aromatic N) is 3. The van der Waals surface area contributed by atoms with Crippen LogP contribution in [-0.4, -0.2) is 31.7 Å². The van der Waals surface area contributed by atoms with Gasteiger partial charge in [0.25, 0.3) is 5.69 Å². The first kappa shape index (κ1) is 19.6. The Morgan fingerprint density at radius 3 is 2.93 bits per heavy atom. The summed E-state index contributed by atoms with van der Waals surface area (Å²) in [7, 11) is 0. The Morgan fingerprint density at radius 2 is 2.14 bits per heavy atom. The Morgan fingerprint density at radius 1 is 1.34 bits per heavy atom. The number of hydrogen-bond donors (Lipinski definition) is 2. The van der Waals surface area contributed by atoms with Gasteiger partial charge in [0.15, 0.2) is 0 Å². The number of thioether (sulfide) groups is 1. The molecule has 0 spiro atoms. The maximum Gasteiger partial charge on any atom is 0.271 e. The van der Waals surface area contributed by atoms with Crippen LogP contribution in [0.1, 0.15) is 29.1 Å². The van der Waals surface area contributed by atoms with Crippen LogP contribution in [0.4, 0.5) is 11.4 Å². The number of fused-ring (bicyclic) bond motifs is 3. The summed E-state index contributed by atoms with van der Waals surface area (Å²) < 4.78 is 0. The number of nitrogens with one attached hydrogen (secondary N) is 1. The van der Waals surface area contributed by atoms with Gasteiger partial charge in [-0.15, -0.1) is 11.3 Å². The number of benzene rings is 1. The number of aryl methyl sites for hydroxylation is 3. The lowest BCUT2D eigenvalue weighted by Crippen LogP contribution is -2.14. The first-order valence-corrected chi connectivity index (χ1v) is 10.9. The number of aromatic nitrogens is 2. The minimum absolute atomic E-state index is 0.0155. The fraction of sp³-hybridized carbons (Fsp3) is 0.316. The topological polar surface area (TPSA) is 118 Å². The lowest BCUT2D eigenvalue weighted by molar-refractivity contribution is -0.384. The van der Waals surface area contributed by atoms with Gasteiger partial charge in [-0.25, -0.2) is 9.97 Å². The number of carbonyl (C=O) groups excluding carboxylic acids is 1. The average Bonchev–Trinajstić information content (AvgIpc) is 3.05. The van der Waals surface area contributed by atoms with E-state index in [2.05, 4.69) is 15.3 Å². The van der Waals surface area contributed by atoms with Gasteiger partial charge in [0, 0.05) is 22.4 Å². The van der Waals surface area contributed by atoms with Crippen molar-refractivity contribution in [2.45, 2.75) is 37.6 Å². The maximum atomic E-state index is 12.4. The van der Waals surface area contributed by atoms with Gasteiger partial charge in [-0.05, 0) is 44.2 Å². The summed E-state index contributed by atoms with van der Waals surface area (Å²) in [5.74, 6) is 0.133. The number of non-ortho nitro benzene ring substituents is 1. The summed E-state index contributed by atoms with van der Waals surface area (Å²) in [5.41, 5.74) is 1.11. The molecule has 3 aromatic rings. The third-order valence-corrected chi connectivity index (χ3v) is 6.86. The van der Waals surface area contributed by atoms with Gasteiger partial charge in [-0.3, -0.25) is 14.9 Å². The number of phenolic OH excluding ortho intramolecular Hbond substituents is 1. The zero-order valence-corrected chi connectivity index (χ0v) is 17.2. The van der Waals surface area contributed by atoms with E-state index >= 15 is 0 Å². The van der Waals surface area contributed by atoms with Crippen molar-refractivity contribution < 1.29 is 14.8 Å². The summed E-state index contributed by atoms with van der Waals surface area (Å²) >= 11 is 3.02. The molecule has 0 saturated heterocycles. The summed E-state index contributed by atoms with van der Waals surface area (Å²) in [6.07, 6.45) is 4.39. The maximum absolute atomic E-state index is 12.4. The summed E-state index contributed by atoms with van der Waals surface area (Å²) in [4.78, 5) is 34.2. The van der Waals surface area contributed by atoms with Crippen LogP contribution in [-0.2, 0) is 17.6 Å². The normalized spacial score (nSPS) is 13.3. The van der Waals surface area contributed by atoms with Gasteiger partial charge < -0.3 is 10.4 Å². The molecule has 0 atom stereocenters. The van der Waals surface area contributed by atoms with Crippen molar-refractivity contribution in [1.29, 1.82) is 0 Å². The Labute approximate surface area is 174 Å². The number of nitro groups is 1. The number of aromatic hydroxyl groups is 1. The Bertz CT molecular complexity index is 1130. The number of phenols is 1. The van der Waals surface area contributed by atoms with E-state index in [1.54, 1.807) is 11.3 Å². The van der Waals surface area contributed by atoms with Crippen molar-refractivity contribution in [2.24, 2.45) is 0 Å². The zero-order chi connectivity index (χ0) is 20.5. The van der Waals surface area contributed by atoms with E-state index in [4.69, 9.17) is 0 Å². The lowest BCUT2D eigenvalue weighted by Gasteiger charge is -2.12. The van der Waals surface area contributed by atoms with Crippen LogP contribution in [0.5, 0.6) is 5.75 Å². The fourth-order valence-electron chi connectivity index (χ4n) is 3.39. The highest BCUT2D eigenvalue weighted by molar-refractivity contribution is 8.00. The molecule has 0 fully saturated rings. The molecule has 1 amide bonds. The van der Waals surface area contributed by atoms with E-state index in [9.17, 15) is 20.0 Å². The van der Waals surface area contributed by atoms with E-state index in [1.165, 1.54) is 40.8 Å². The van der Waals surface area contributed by atoms with Gasteiger partial charge in [-0.1, -0.05) is 11.8 Å². The molecule has 10 heteroatoms. The minimum atomic E-state index is -0.579. The minimum Gasteiger partial charge on any atom is -0.506 e. The van der Waals surface area contributed by atoms with Crippen molar-refractivity contribution in [3.05, 3.63) is 44.6 Å². The molecular formula is C19H18N4O4S2. The number of amides is 1. The molecule has 4 rings (SSSR count). The Hall–Kier alpha value is -2.72. The van der Waals surface area contributed by atoms with Gasteiger partial charge in [0.1, 0.15) is 21.4 Å². The van der Waals surface area contributed by atoms with Crippen LogP contribution >= 0.6 is 23.1 Å². The van der Waals surface area contributed by atoms with Gasteiger partial charge in [-0.2, -0.15) is 0 Å². The number of thiophene rings is 1. The third kappa shape index (κ3) is 4.03. The van der Waals surface area contributed by atoms with Crippen molar-refractivity contribution in [3.63, 3.8) is 0 Å². The van der Waals surface area contributed by atoms with Gasteiger partial charge in [0.2, 0.25) is 5.91 Å². The molecular weight excluding hydrogens is 412 g/mol. The summed E-state index contributed by atoms with van der Waals surface area (Å²) in [6, 6.07) is 3.51. The van der Waals surface area contributed by atoms with Crippen molar-refractivity contribution >= 4 is 50.6 Å². The molecule has 0 radical (unpaired) electrons. The molecule has 150 valence electrons. The fourth-order valence-corrected chi connectivity index (χ4v) is 5.66. The zero-order valence-electron chi connectivity index (χ0n) is 15.6. The molecule has 1 aliphatic carbocycles. The number of anilines is 1. The first-order chi connectivity index (χ1) is 13.9. The second-order valence-electron chi connectivity index (χ2n) is 6.76. The molecule has 29 heavy (non-hydrogen) atoms. The monoisotopic (exact) mass is 430 g/mol.